The second kappa shape index (κ2) is 7.93. The normalized spacial score (nSPS) is 12.3. The molecule has 0 saturated heterocycles. The van der Waals surface area contributed by atoms with Crippen molar-refractivity contribution in [2.75, 3.05) is 0 Å². The molecule has 0 fully saturated rings. The van der Waals surface area contributed by atoms with Crippen molar-refractivity contribution in [3.63, 3.8) is 0 Å². The van der Waals surface area contributed by atoms with E-state index in [2.05, 4.69) is 118 Å². The van der Waals surface area contributed by atoms with E-state index in [9.17, 15) is 0 Å². The maximum absolute atomic E-state index is 5.14. The Kier molecular flexibility index (Phi) is 4.15. The van der Waals surface area contributed by atoms with Gasteiger partial charge in [0.2, 0.25) is 0 Å². The Labute approximate surface area is 240 Å². The van der Waals surface area contributed by atoms with Gasteiger partial charge in [0.25, 0.3) is 0 Å². The monoisotopic (exact) mass is 534 g/mol. The zero-order valence-electron chi connectivity index (χ0n) is 22.5. The first kappa shape index (κ1) is 22.0. The molecule has 10 rings (SSSR count). The summed E-state index contributed by atoms with van der Waals surface area (Å²) in [6.07, 6.45) is 0. The third kappa shape index (κ3) is 2.80. The summed E-state index contributed by atoms with van der Waals surface area (Å²) in [5, 5.41) is 6.07. The zero-order chi connectivity index (χ0) is 27.4. The standard InChI is InChI=1S/C38H22N4/c1-2-9-23(10-3-1)24-17-19-25(20-18-24)41-33-16-7-4-11-26(33)29-21-35-30(22-34(29)41)27-12-8-13-28-36-38(42(35)37(27)28)40-32-15-6-5-14-31(32)39-36/h1-22H. The van der Waals surface area contributed by atoms with Gasteiger partial charge in [-0.05, 0) is 53.6 Å². The quantitative estimate of drug-likeness (QED) is 0.221. The number of benzene rings is 6. The molecular weight excluding hydrogens is 512 g/mol. The number of rotatable bonds is 2. The molecule has 0 aliphatic heterocycles. The second-order valence-corrected chi connectivity index (χ2v) is 11.1. The van der Waals surface area contributed by atoms with Crippen molar-refractivity contribution in [1.82, 2.24) is 18.9 Å². The van der Waals surface area contributed by atoms with Gasteiger partial charge < -0.3 is 4.57 Å². The summed E-state index contributed by atoms with van der Waals surface area (Å²) in [5.74, 6) is 0. The minimum atomic E-state index is 0.912. The highest BCUT2D eigenvalue weighted by molar-refractivity contribution is 6.25. The Morgan fingerprint density at radius 1 is 0.429 bits per heavy atom. The lowest BCUT2D eigenvalue weighted by Gasteiger charge is -2.10. The second-order valence-electron chi connectivity index (χ2n) is 11.1. The van der Waals surface area contributed by atoms with Crippen molar-refractivity contribution >= 4 is 71.2 Å². The van der Waals surface area contributed by atoms with Gasteiger partial charge in [-0.25, -0.2) is 9.97 Å². The number of hydrogen-bond donors (Lipinski definition) is 0. The van der Waals surface area contributed by atoms with E-state index in [-0.39, 0.29) is 0 Å². The van der Waals surface area contributed by atoms with Gasteiger partial charge in [0, 0.05) is 32.6 Å². The van der Waals surface area contributed by atoms with Crippen molar-refractivity contribution in [2.24, 2.45) is 0 Å². The molecule has 10 aromatic rings. The first-order chi connectivity index (χ1) is 20.8. The molecule has 6 aromatic carbocycles. The highest BCUT2D eigenvalue weighted by Crippen LogP contribution is 2.42. The summed E-state index contributed by atoms with van der Waals surface area (Å²) >= 11 is 0. The molecule has 0 spiro atoms. The Morgan fingerprint density at radius 2 is 1.07 bits per heavy atom. The molecule has 4 nitrogen and oxygen atoms in total. The molecule has 4 heterocycles. The molecule has 0 aliphatic rings. The molecular formula is C38H22N4. The van der Waals surface area contributed by atoms with Gasteiger partial charge >= 0.3 is 0 Å². The van der Waals surface area contributed by atoms with Crippen LogP contribution < -0.4 is 0 Å². The van der Waals surface area contributed by atoms with Gasteiger partial charge in [0.05, 0.1) is 33.1 Å². The lowest BCUT2D eigenvalue weighted by atomic mass is 10.1. The lowest BCUT2D eigenvalue weighted by molar-refractivity contribution is 1.18. The van der Waals surface area contributed by atoms with Crippen LogP contribution in [0.3, 0.4) is 0 Å². The van der Waals surface area contributed by atoms with Crippen molar-refractivity contribution in [3.8, 4) is 16.8 Å². The third-order valence-corrected chi connectivity index (χ3v) is 8.83. The maximum Gasteiger partial charge on any atom is 0.165 e. The molecule has 0 radical (unpaired) electrons. The van der Waals surface area contributed by atoms with E-state index in [4.69, 9.17) is 9.97 Å². The van der Waals surface area contributed by atoms with Crippen LogP contribution >= 0.6 is 0 Å². The van der Waals surface area contributed by atoms with Crippen LogP contribution in [0.15, 0.2) is 133 Å². The molecule has 4 aromatic heterocycles. The molecule has 0 atom stereocenters. The van der Waals surface area contributed by atoms with Crippen molar-refractivity contribution in [1.29, 1.82) is 0 Å². The van der Waals surface area contributed by atoms with Crippen LogP contribution in [0.5, 0.6) is 0 Å². The highest BCUT2D eigenvalue weighted by Gasteiger charge is 2.22. The van der Waals surface area contributed by atoms with Crippen LogP contribution in [0.4, 0.5) is 0 Å². The molecule has 0 unspecified atom stereocenters. The Bertz CT molecular complexity index is 2660. The van der Waals surface area contributed by atoms with E-state index >= 15 is 0 Å². The van der Waals surface area contributed by atoms with Crippen LogP contribution in [0, 0.1) is 0 Å². The highest BCUT2D eigenvalue weighted by atomic mass is 15.0. The fourth-order valence-electron chi connectivity index (χ4n) is 6.98. The van der Waals surface area contributed by atoms with Crippen LogP contribution in [0.2, 0.25) is 0 Å². The van der Waals surface area contributed by atoms with Gasteiger partial charge in [0.15, 0.2) is 5.65 Å². The van der Waals surface area contributed by atoms with Crippen molar-refractivity contribution in [3.05, 3.63) is 133 Å². The molecule has 0 N–H and O–H groups in total. The van der Waals surface area contributed by atoms with E-state index in [1.165, 1.54) is 49.2 Å². The van der Waals surface area contributed by atoms with E-state index in [0.717, 1.165) is 38.8 Å². The molecule has 4 heteroatoms. The first-order valence-corrected chi connectivity index (χ1v) is 14.3. The minimum absolute atomic E-state index is 0.912. The maximum atomic E-state index is 5.14. The molecule has 42 heavy (non-hydrogen) atoms. The van der Waals surface area contributed by atoms with Gasteiger partial charge in [-0.2, -0.15) is 0 Å². The summed E-state index contributed by atoms with van der Waals surface area (Å²) in [6, 6.07) is 47.6. The smallest absolute Gasteiger partial charge is 0.165 e. The fraction of sp³-hybridized carbons (Fsp3) is 0. The summed E-state index contributed by atoms with van der Waals surface area (Å²) in [4.78, 5) is 10.2. The molecule has 194 valence electrons. The molecule has 0 amide bonds. The summed E-state index contributed by atoms with van der Waals surface area (Å²) in [6.45, 7) is 0. The van der Waals surface area contributed by atoms with Crippen LogP contribution in [0.25, 0.3) is 88.0 Å². The topological polar surface area (TPSA) is 35.1 Å². The average molecular weight is 535 g/mol. The van der Waals surface area contributed by atoms with E-state index < -0.39 is 0 Å². The number of aromatic nitrogens is 4. The third-order valence-electron chi connectivity index (χ3n) is 8.83. The Balaban J connectivity index is 1.31. The summed E-state index contributed by atoms with van der Waals surface area (Å²) in [5.41, 5.74) is 12.0. The summed E-state index contributed by atoms with van der Waals surface area (Å²) in [7, 11) is 0. The number of para-hydroxylation sites is 4. The van der Waals surface area contributed by atoms with Gasteiger partial charge in [0.1, 0.15) is 5.52 Å². The lowest BCUT2D eigenvalue weighted by Crippen LogP contribution is -1.94. The van der Waals surface area contributed by atoms with Crippen LogP contribution in [-0.2, 0) is 0 Å². The molecule has 0 aliphatic carbocycles. The summed E-state index contributed by atoms with van der Waals surface area (Å²) < 4.78 is 4.73. The van der Waals surface area contributed by atoms with Crippen molar-refractivity contribution in [2.45, 2.75) is 0 Å². The van der Waals surface area contributed by atoms with Gasteiger partial charge in [-0.1, -0.05) is 91.0 Å². The Morgan fingerprint density at radius 3 is 1.93 bits per heavy atom. The number of fused-ring (bicyclic) bond motifs is 10. The van der Waals surface area contributed by atoms with E-state index in [1.54, 1.807) is 0 Å². The van der Waals surface area contributed by atoms with E-state index in [0.29, 0.717) is 0 Å². The largest absolute Gasteiger partial charge is 0.309 e. The molecule has 0 bridgehead atoms. The number of nitrogens with zero attached hydrogens (tertiary/aromatic N) is 4. The average Bonchev–Trinajstić information content (AvgIpc) is 3.67. The number of hydrogen-bond acceptors (Lipinski definition) is 2. The molecule has 0 saturated carbocycles. The van der Waals surface area contributed by atoms with E-state index in [1.807, 2.05) is 24.3 Å². The predicted octanol–water partition coefficient (Wildman–Crippen LogP) is 9.54. The van der Waals surface area contributed by atoms with Crippen LogP contribution in [0.1, 0.15) is 0 Å². The van der Waals surface area contributed by atoms with Gasteiger partial charge in [-0.15, -0.1) is 0 Å². The van der Waals surface area contributed by atoms with Crippen molar-refractivity contribution < 1.29 is 0 Å². The van der Waals surface area contributed by atoms with Crippen LogP contribution in [-0.4, -0.2) is 18.9 Å². The van der Waals surface area contributed by atoms with Gasteiger partial charge in [-0.3, -0.25) is 4.40 Å². The minimum Gasteiger partial charge on any atom is -0.309 e. The SMILES string of the molecule is c1ccc(-c2ccc(-n3c4ccccc4c4cc5c(cc43)c3cccc4c6nc7ccccc7nc6n5c34)cc2)cc1. The first-order valence-electron chi connectivity index (χ1n) is 14.3. The zero-order valence-corrected chi connectivity index (χ0v) is 22.5. The Hall–Kier alpha value is -5.74. The predicted molar refractivity (Wildman–Crippen MR) is 174 cm³/mol. The fourth-order valence-corrected chi connectivity index (χ4v) is 6.98.